The minimum Gasteiger partial charge on any atom is -0.504 e. The van der Waals surface area contributed by atoms with E-state index in [0.717, 1.165) is 24.2 Å². The minimum absolute atomic E-state index is 0.126. The fourth-order valence-electron chi connectivity index (χ4n) is 2.83. The number of hydrogen-bond donors (Lipinski definition) is 1. The van der Waals surface area contributed by atoms with E-state index in [-0.39, 0.29) is 17.7 Å². The Kier molecular flexibility index (Phi) is 4.79. The summed E-state index contributed by atoms with van der Waals surface area (Å²) in [5.74, 6) is 0.361. The van der Waals surface area contributed by atoms with Crippen LogP contribution in [0.1, 0.15) is 17.2 Å². The van der Waals surface area contributed by atoms with Crippen molar-refractivity contribution in [2.24, 2.45) is 0 Å². The van der Waals surface area contributed by atoms with E-state index in [2.05, 4.69) is 4.90 Å². The predicted octanol–water partition coefficient (Wildman–Crippen LogP) is 3.11. The molecular weight excluding hydrogens is 297 g/mol. The summed E-state index contributed by atoms with van der Waals surface area (Å²) in [4.78, 5) is 2.25. The predicted molar refractivity (Wildman–Crippen MR) is 85.0 cm³/mol. The largest absolute Gasteiger partial charge is 0.504 e. The zero-order valence-electron chi connectivity index (χ0n) is 13.0. The highest BCUT2D eigenvalue weighted by Gasteiger charge is 2.22. The molecule has 0 saturated carbocycles. The maximum atomic E-state index is 13.4. The van der Waals surface area contributed by atoms with Crippen LogP contribution in [-0.4, -0.2) is 36.8 Å². The highest BCUT2D eigenvalue weighted by Crippen LogP contribution is 2.28. The lowest BCUT2D eigenvalue weighted by atomic mass is 10.1. The molecule has 1 atom stereocenters. The van der Waals surface area contributed by atoms with Gasteiger partial charge in [0.2, 0.25) is 0 Å². The molecule has 1 N–H and O–H groups in total. The summed E-state index contributed by atoms with van der Waals surface area (Å²) in [6.07, 6.45) is -0.126. The summed E-state index contributed by atoms with van der Waals surface area (Å²) in [6.45, 7) is 2.85. The van der Waals surface area contributed by atoms with Gasteiger partial charge in [0.25, 0.3) is 0 Å². The first kappa shape index (κ1) is 15.8. The first-order valence-electron chi connectivity index (χ1n) is 7.61. The molecule has 1 fully saturated rings. The lowest BCUT2D eigenvalue weighted by Crippen LogP contribution is -2.37. The average Bonchev–Trinajstić information content (AvgIpc) is 2.57. The minimum atomic E-state index is -0.244. The van der Waals surface area contributed by atoms with Crippen molar-refractivity contribution in [2.75, 3.05) is 26.8 Å². The number of methoxy groups -OCH3 is 1. The lowest BCUT2D eigenvalue weighted by molar-refractivity contribution is -0.0330. The molecule has 2 aromatic carbocycles. The van der Waals surface area contributed by atoms with Gasteiger partial charge in [0.05, 0.1) is 19.8 Å². The first-order valence-corrected chi connectivity index (χ1v) is 7.61. The molecule has 23 heavy (non-hydrogen) atoms. The van der Waals surface area contributed by atoms with Crippen LogP contribution in [0.25, 0.3) is 0 Å². The molecule has 0 radical (unpaired) electrons. The van der Waals surface area contributed by atoms with E-state index in [9.17, 15) is 9.50 Å². The second-order valence-electron chi connectivity index (χ2n) is 5.66. The van der Waals surface area contributed by atoms with E-state index >= 15 is 0 Å². The van der Waals surface area contributed by atoms with Crippen LogP contribution in [0.4, 0.5) is 4.39 Å². The second-order valence-corrected chi connectivity index (χ2v) is 5.66. The summed E-state index contributed by atoms with van der Waals surface area (Å²) in [5.41, 5.74) is 1.91. The zero-order valence-corrected chi connectivity index (χ0v) is 13.0. The number of halogens is 1. The molecule has 1 unspecified atom stereocenters. The van der Waals surface area contributed by atoms with Gasteiger partial charge in [0.1, 0.15) is 5.82 Å². The maximum absolute atomic E-state index is 13.4. The Morgan fingerprint density at radius 3 is 2.96 bits per heavy atom. The number of hydrogen-bond acceptors (Lipinski definition) is 4. The van der Waals surface area contributed by atoms with Gasteiger partial charge < -0.3 is 14.6 Å². The number of phenols is 1. The maximum Gasteiger partial charge on any atom is 0.160 e. The molecule has 1 aliphatic heterocycles. The quantitative estimate of drug-likeness (QED) is 0.941. The fraction of sp³-hybridized carbons (Fsp3) is 0.333. The van der Waals surface area contributed by atoms with Crippen LogP contribution in [0.3, 0.4) is 0 Å². The van der Waals surface area contributed by atoms with Gasteiger partial charge in [-0.25, -0.2) is 4.39 Å². The summed E-state index contributed by atoms with van der Waals surface area (Å²) in [5, 5.41) is 9.66. The molecule has 0 spiro atoms. The number of morpholine rings is 1. The lowest BCUT2D eigenvalue weighted by Gasteiger charge is -2.33. The van der Waals surface area contributed by atoms with Gasteiger partial charge in [-0.1, -0.05) is 18.2 Å². The smallest absolute Gasteiger partial charge is 0.160 e. The number of nitrogens with zero attached hydrogens (tertiary/aromatic N) is 1. The van der Waals surface area contributed by atoms with E-state index in [0.29, 0.717) is 18.9 Å². The van der Waals surface area contributed by atoms with Gasteiger partial charge in [-0.2, -0.15) is 0 Å². The molecule has 1 aliphatic rings. The van der Waals surface area contributed by atoms with Crippen molar-refractivity contribution >= 4 is 0 Å². The van der Waals surface area contributed by atoms with Gasteiger partial charge in [-0.15, -0.1) is 0 Å². The number of ether oxygens (including phenoxy) is 2. The summed E-state index contributed by atoms with van der Waals surface area (Å²) in [7, 11) is 1.54. The summed E-state index contributed by atoms with van der Waals surface area (Å²) >= 11 is 0. The molecule has 122 valence electrons. The van der Waals surface area contributed by atoms with E-state index in [1.54, 1.807) is 12.1 Å². The summed E-state index contributed by atoms with van der Waals surface area (Å²) in [6, 6.07) is 11.9. The Labute approximate surface area is 135 Å². The van der Waals surface area contributed by atoms with E-state index in [4.69, 9.17) is 9.47 Å². The van der Waals surface area contributed by atoms with E-state index in [1.165, 1.54) is 19.2 Å². The van der Waals surface area contributed by atoms with Crippen molar-refractivity contribution in [1.82, 2.24) is 4.90 Å². The van der Waals surface area contributed by atoms with Crippen LogP contribution in [0, 0.1) is 5.82 Å². The third kappa shape index (κ3) is 3.81. The Morgan fingerprint density at radius 2 is 2.17 bits per heavy atom. The Balaban J connectivity index is 1.69. The first-order chi connectivity index (χ1) is 11.2. The molecule has 0 aromatic heterocycles. The molecular formula is C18H20FNO3. The SMILES string of the molecule is COc1cc(CN2CCOC(c3cccc(F)c3)C2)ccc1O. The van der Waals surface area contributed by atoms with Crippen molar-refractivity contribution in [3.8, 4) is 11.5 Å². The molecule has 4 nitrogen and oxygen atoms in total. The Morgan fingerprint density at radius 1 is 1.30 bits per heavy atom. The van der Waals surface area contributed by atoms with E-state index < -0.39 is 0 Å². The molecule has 0 amide bonds. The van der Waals surface area contributed by atoms with Crippen molar-refractivity contribution in [3.05, 3.63) is 59.4 Å². The molecule has 0 aliphatic carbocycles. The van der Waals surface area contributed by atoms with Gasteiger partial charge >= 0.3 is 0 Å². The van der Waals surface area contributed by atoms with Gasteiger partial charge in [-0.3, -0.25) is 4.90 Å². The highest BCUT2D eigenvalue weighted by atomic mass is 19.1. The molecule has 1 saturated heterocycles. The monoisotopic (exact) mass is 317 g/mol. The fourth-order valence-corrected chi connectivity index (χ4v) is 2.83. The van der Waals surface area contributed by atoms with Crippen LogP contribution in [0.2, 0.25) is 0 Å². The average molecular weight is 317 g/mol. The topological polar surface area (TPSA) is 41.9 Å². The van der Waals surface area contributed by atoms with Gasteiger partial charge in [0, 0.05) is 19.6 Å². The van der Waals surface area contributed by atoms with Crippen molar-refractivity contribution < 1.29 is 19.0 Å². The number of phenolic OH excluding ortho intramolecular Hbond substituents is 1. The molecule has 2 aromatic rings. The number of aromatic hydroxyl groups is 1. The number of rotatable bonds is 4. The van der Waals surface area contributed by atoms with Crippen LogP contribution in [-0.2, 0) is 11.3 Å². The van der Waals surface area contributed by atoms with E-state index in [1.807, 2.05) is 18.2 Å². The normalized spacial score (nSPS) is 18.8. The summed E-state index contributed by atoms with van der Waals surface area (Å²) < 4.78 is 24.3. The third-order valence-corrected chi connectivity index (χ3v) is 4.02. The molecule has 0 bridgehead atoms. The molecule has 3 rings (SSSR count). The van der Waals surface area contributed by atoms with Crippen molar-refractivity contribution in [3.63, 3.8) is 0 Å². The van der Waals surface area contributed by atoms with Gasteiger partial charge in [-0.05, 0) is 35.4 Å². The zero-order chi connectivity index (χ0) is 16.2. The highest BCUT2D eigenvalue weighted by molar-refractivity contribution is 5.41. The molecule has 1 heterocycles. The third-order valence-electron chi connectivity index (χ3n) is 4.02. The Bertz CT molecular complexity index is 677. The standard InChI is InChI=1S/C18H20FNO3/c1-22-17-9-13(5-6-16(17)21)11-20-7-8-23-18(12-20)14-3-2-4-15(19)10-14/h2-6,9-10,18,21H,7-8,11-12H2,1H3. The Hall–Kier alpha value is -2.11. The van der Waals surface area contributed by atoms with Crippen LogP contribution >= 0.6 is 0 Å². The second kappa shape index (κ2) is 6.98. The van der Waals surface area contributed by atoms with Crippen LogP contribution in [0.5, 0.6) is 11.5 Å². The molecule has 5 heteroatoms. The van der Waals surface area contributed by atoms with Crippen LogP contribution in [0.15, 0.2) is 42.5 Å². The van der Waals surface area contributed by atoms with Crippen molar-refractivity contribution in [1.29, 1.82) is 0 Å². The van der Waals surface area contributed by atoms with Gasteiger partial charge in [0.15, 0.2) is 11.5 Å². The van der Waals surface area contributed by atoms with Crippen molar-refractivity contribution in [2.45, 2.75) is 12.6 Å². The van der Waals surface area contributed by atoms with Crippen LogP contribution < -0.4 is 4.74 Å². The number of benzene rings is 2.